The zero-order valence-corrected chi connectivity index (χ0v) is 19.8. The number of halogens is 5. The number of alkyl halides is 3. The molecule has 2 aromatic heterocycles. The summed E-state index contributed by atoms with van der Waals surface area (Å²) in [5, 5.41) is 0.272. The van der Waals surface area contributed by atoms with Crippen LogP contribution in [0.3, 0.4) is 0 Å². The van der Waals surface area contributed by atoms with Crippen LogP contribution >= 0.6 is 11.6 Å². The molecule has 10 heteroatoms. The zero-order chi connectivity index (χ0) is 26.2. The van der Waals surface area contributed by atoms with Gasteiger partial charge in [0.2, 0.25) is 0 Å². The summed E-state index contributed by atoms with van der Waals surface area (Å²) in [6.07, 6.45) is 0.854. The minimum Gasteiger partial charge on any atom is -0.294 e. The maximum absolute atomic E-state index is 13.8. The molecule has 0 radical (unpaired) electrons. The molecule has 186 valence electrons. The van der Waals surface area contributed by atoms with Gasteiger partial charge in [0, 0.05) is 47.8 Å². The fraction of sp³-hybridized carbons (Fsp3) is 0.148. The Hall–Kier alpha value is -3.98. The molecule has 5 rings (SSSR count). The lowest BCUT2D eigenvalue weighted by molar-refractivity contribution is -0.137. The van der Waals surface area contributed by atoms with Crippen molar-refractivity contribution in [2.24, 2.45) is 4.99 Å². The number of aromatic nitrogens is 3. The number of benzene rings is 2. The van der Waals surface area contributed by atoms with Crippen LogP contribution in [0.1, 0.15) is 38.4 Å². The summed E-state index contributed by atoms with van der Waals surface area (Å²) in [4.78, 5) is 30.4. The molecule has 0 N–H and O–H groups in total. The maximum atomic E-state index is 13.8. The van der Waals surface area contributed by atoms with Crippen molar-refractivity contribution in [2.75, 3.05) is 0 Å². The Bertz CT molecular complexity index is 1550. The molecule has 0 fully saturated rings. The van der Waals surface area contributed by atoms with E-state index in [1.807, 2.05) is 6.07 Å². The highest BCUT2D eigenvalue weighted by molar-refractivity contribution is 6.31. The smallest absolute Gasteiger partial charge is 0.294 e. The van der Waals surface area contributed by atoms with Crippen molar-refractivity contribution in [3.05, 3.63) is 106 Å². The Kier molecular flexibility index (Phi) is 6.55. The van der Waals surface area contributed by atoms with E-state index in [4.69, 9.17) is 11.6 Å². The summed E-state index contributed by atoms with van der Waals surface area (Å²) >= 11 is 6.30. The van der Waals surface area contributed by atoms with E-state index < -0.39 is 23.3 Å². The molecule has 0 saturated heterocycles. The minimum atomic E-state index is -4.77. The van der Waals surface area contributed by atoms with Gasteiger partial charge in [0.15, 0.2) is 5.78 Å². The molecule has 0 amide bonds. The van der Waals surface area contributed by atoms with Crippen molar-refractivity contribution < 1.29 is 22.4 Å². The summed E-state index contributed by atoms with van der Waals surface area (Å²) in [7, 11) is 0. The molecule has 4 aromatic rings. The van der Waals surface area contributed by atoms with Gasteiger partial charge in [-0.3, -0.25) is 14.8 Å². The molecule has 5 nitrogen and oxygen atoms in total. The third-order valence-corrected chi connectivity index (χ3v) is 6.30. The van der Waals surface area contributed by atoms with E-state index in [2.05, 4.69) is 19.9 Å². The number of aliphatic imine (C=N–C) groups is 1. The number of nitrogens with zero attached hydrogens (tertiary/aromatic N) is 4. The molecule has 0 saturated carbocycles. The predicted molar refractivity (Wildman–Crippen MR) is 131 cm³/mol. The highest BCUT2D eigenvalue weighted by Crippen LogP contribution is 2.35. The molecule has 3 heterocycles. The average Bonchev–Trinajstić information content (AvgIpc) is 3.35. The first kappa shape index (κ1) is 24.7. The highest BCUT2D eigenvalue weighted by atomic mass is 35.5. The van der Waals surface area contributed by atoms with E-state index in [1.165, 1.54) is 6.33 Å². The van der Waals surface area contributed by atoms with Gasteiger partial charge >= 0.3 is 6.18 Å². The van der Waals surface area contributed by atoms with Crippen molar-refractivity contribution in [1.82, 2.24) is 15.0 Å². The number of pyridine rings is 1. The second-order valence-electron chi connectivity index (χ2n) is 8.46. The van der Waals surface area contributed by atoms with Crippen LogP contribution in [-0.4, -0.2) is 26.9 Å². The molecule has 0 atom stereocenters. The topological polar surface area (TPSA) is 68.1 Å². The van der Waals surface area contributed by atoms with Gasteiger partial charge in [-0.1, -0.05) is 23.7 Å². The second kappa shape index (κ2) is 9.82. The standard InChI is InChI=1S/C27H17ClF4N4O/c28-21-4-3-15(8-16(21)12-24(37)17-10-18(27(30,31)32)13-19(29)11-17)9-23-20(2-1-6-33-23)25-26-22(5-7-34-26)35-14-36-25/h1-4,6-8,10-11,13-14H,5,9,12H2. The lowest BCUT2D eigenvalue weighted by atomic mass is 9.97. The molecular weight excluding hydrogens is 508 g/mol. The Morgan fingerprint density at radius 2 is 1.86 bits per heavy atom. The number of ketones is 1. The summed E-state index contributed by atoms with van der Waals surface area (Å²) in [5.74, 6) is -1.82. The van der Waals surface area contributed by atoms with Crippen LogP contribution < -0.4 is 0 Å². The highest BCUT2D eigenvalue weighted by Gasteiger charge is 2.32. The van der Waals surface area contributed by atoms with Crippen LogP contribution in [0.25, 0.3) is 11.3 Å². The van der Waals surface area contributed by atoms with Crippen LogP contribution in [0.5, 0.6) is 0 Å². The minimum absolute atomic E-state index is 0.272. The van der Waals surface area contributed by atoms with Crippen LogP contribution in [0, 0.1) is 5.82 Å². The van der Waals surface area contributed by atoms with E-state index in [1.54, 1.807) is 36.7 Å². The second-order valence-corrected chi connectivity index (χ2v) is 8.87. The Labute approximate surface area is 213 Å². The van der Waals surface area contributed by atoms with E-state index in [0.29, 0.717) is 47.6 Å². The normalized spacial score (nSPS) is 12.6. The fourth-order valence-corrected chi connectivity index (χ4v) is 4.36. The monoisotopic (exact) mass is 524 g/mol. The largest absolute Gasteiger partial charge is 0.416 e. The van der Waals surface area contributed by atoms with Crippen LogP contribution in [0.4, 0.5) is 23.2 Å². The van der Waals surface area contributed by atoms with Gasteiger partial charge in [-0.05, 0) is 47.5 Å². The van der Waals surface area contributed by atoms with Gasteiger partial charge in [-0.25, -0.2) is 14.4 Å². The Balaban J connectivity index is 1.43. The van der Waals surface area contributed by atoms with Gasteiger partial charge in [-0.15, -0.1) is 0 Å². The number of Topliss-reactive ketones (excluding diaryl/α,β-unsaturated/α-hetero) is 1. The fourth-order valence-electron chi connectivity index (χ4n) is 4.17. The van der Waals surface area contributed by atoms with Crippen molar-refractivity contribution >= 4 is 29.3 Å². The Morgan fingerprint density at radius 1 is 1.03 bits per heavy atom. The van der Waals surface area contributed by atoms with Crippen molar-refractivity contribution in [2.45, 2.75) is 25.4 Å². The number of fused-ring (bicyclic) bond motifs is 1. The molecule has 0 spiro atoms. The lowest BCUT2D eigenvalue weighted by Crippen LogP contribution is -2.10. The van der Waals surface area contributed by atoms with Crippen molar-refractivity contribution in [1.29, 1.82) is 0 Å². The number of rotatable bonds is 6. The molecule has 0 bridgehead atoms. The van der Waals surface area contributed by atoms with Gasteiger partial charge in [-0.2, -0.15) is 13.2 Å². The third-order valence-electron chi connectivity index (χ3n) is 5.93. The molecule has 1 aliphatic heterocycles. The molecule has 37 heavy (non-hydrogen) atoms. The quantitative estimate of drug-likeness (QED) is 0.210. The molecule has 1 aliphatic rings. The first-order chi connectivity index (χ1) is 17.7. The van der Waals surface area contributed by atoms with Crippen LogP contribution in [-0.2, 0) is 25.4 Å². The van der Waals surface area contributed by atoms with Crippen LogP contribution in [0.15, 0.2) is 66.0 Å². The average molecular weight is 525 g/mol. The maximum Gasteiger partial charge on any atom is 0.416 e. The summed E-state index contributed by atoms with van der Waals surface area (Å²) < 4.78 is 53.0. The SMILES string of the molecule is O=C(Cc1cc(Cc2ncccc2-c2ncnc3c2N=CC3)ccc1Cl)c1cc(F)cc(C(F)(F)F)c1. The zero-order valence-electron chi connectivity index (χ0n) is 19.1. The van der Waals surface area contributed by atoms with Gasteiger partial charge in [0.1, 0.15) is 23.5 Å². The van der Waals surface area contributed by atoms with E-state index in [-0.39, 0.29) is 17.0 Å². The van der Waals surface area contributed by atoms with Crippen molar-refractivity contribution in [3.63, 3.8) is 0 Å². The number of hydrogen-bond donors (Lipinski definition) is 0. The third kappa shape index (κ3) is 5.27. The predicted octanol–water partition coefficient (Wildman–Crippen LogP) is 6.62. The van der Waals surface area contributed by atoms with E-state index >= 15 is 0 Å². The van der Waals surface area contributed by atoms with Crippen LogP contribution in [0.2, 0.25) is 5.02 Å². The molecule has 0 unspecified atom stereocenters. The summed E-state index contributed by atoms with van der Waals surface area (Å²) in [6.45, 7) is 0. The number of hydrogen-bond acceptors (Lipinski definition) is 5. The molecular formula is C27H17ClF4N4O. The molecule has 2 aromatic carbocycles. The van der Waals surface area contributed by atoms with Gasteiger partial charge in [0.25, 0.3) is 0 Å². The summed E-state index contributed by atoms with van der Waals surface area (Å²) in [6, 6.07) is 10.6. The van der Waals surface area contributed by atoms with E-state index in [0.717, 1.165) is 22.9 Å². The number of carbonyl (C=O) groups excluding carboxylic acids is 1. The first-order valence-corrected chi connectivity index (χ1v) is 11.6. The first-order valence-electron chi connectivity index (χ1n) is 11.2. The van der Waals surface area contributed by atoms with Gasteiger partial charge < -0.3 is 0 Å². The van der Waals surface area contributed by atoms with Gasteiger partial charge in [0.05, 0.1) is 17.0 Å². The number of carbonyl (C=O) groups is 1. The summed E-state index contributed by atoms with van der Waals surface area (Å²) in [5.41, 5.74) is 3.28. The Morgan fingerprint density at radius 3 is 2.68 bits per heavy atom. The van der Waals surface area contributed by atoms with E-state index in [9.17, 15) is 22.4 Å². The van der Waals surface area contributed by atoms with Crippen molar-refractivity contribution in [3.8, 4) is 11.3 Å². The lowest BCUT2D eigenvalue weighted by Gasteiger charge is -2.12. The molecule has 0 aliphatic carbocycles.